The molecule has 0 bridgehead atoms. The predicted octanol–water partition coefficient (Wildman–Crippen LogP) is 1.15. The summed E-state index contributed by atoms with van der Waals surface area (Å²) in [6.07, 6.45) is 3.44. The summed E-state index contributed by atoms with van der Waals surface area (Å²) in [6.45, 7) is 9.43. The summed E-state index contributed by atoms with van der Waals surface area (Å²) >= 11 is 0. The Labute approximate surface area is 126 Å². The van der Waals surface area contributed by atoms with Gasteiger partial charge in [-0.2, -0.15) is 0 Å². The summed E-state index contributed by atoms with van der Waals surface area (Å²) in [7, 11) is 0. The van der Waals surface area contributed by atoms with Gasteiger partial charge in [0.25, 0.3) is 0 Å². The van der Waals surface area contributed by atoms with E-state index in [1.165, 1.54) is 0 Å². The maximum absolute atomic E-state index is 5.66. The molecule has 0 aromatic heterocycles. The minimum absolute atomic E-state index is 0.193. The third kappa shape index (κ3) is 5.21. The van der Waals surface area contributed by atoms with E-state index >= 15 is 0 Å². The molecule has 2 saturated heterocycles. The zero-order valence-corrected chi connectivity index (χ0v) is 12.4. The van der Waals surface area contributed by atoms with Crippen LogP contribution in [-0.2, 0) is 28.1 Å². The molecule has 120 valence electrons. The average Bonchev–Trinajstić information content (AvgIpc) is 2.52. The second-order valence-electron chi connectivity index (χ2n) is 5.29. The van der Waals surface area contributed by atoms with Gasteiger partial charge in [0.05, 0.1) is 26.4 Å². The van der Waals surface area contributed by atoms with Crippen LogP contribution in [0, 0.1) is 11.8 Å². The molecule has 2 aliphatic rings. The fourth-order valence-corrected chi connectivity index (χ4v) is 2.23. The van der Waals surface area contributed by atoms with Crippen LogP contribution < -0.4 is 0 Å². The highest BCUT2D eigenvalue weighted by Crippen LogP contribution is 2.25. The van der Waals surface area contributed by atoms with E-state index < -0.39 is 6.96 Å². The van der Waals surface area contributed by atoms with Crippen LogP contribution in [0.15, 0.2) is 25.3 Å². The van der Waals surface area contributed by atoms with Crippen molar-refractivity contribution in [1.29, 1.82) is 0 Å². The molecule has 0 aliphatic carbocycles. The minimum Gasteiger partial charge on any atom is -0.518 e. The molecule has 2 rings (SSSR count). The molecular formula is C14H24BO6-. The van der Waals surface area contributed by atoms with E-state index in [0.717, 1.165) is 0 Å². The van der Waals surface area contributed by atoms with Gasteiger partial charge in [-0.1, -0.05) is 12.2 Å². The maximum atomic E-state index is 5.66. The van der Waals surface area contributed by atoms with Gasteiger partial charge in [0.15, 0.2) is 0 Å². The molecule has 0 unspecified atom stereocenters. The van der Waals surface area contributed by atoms with Crippen molar-refractivity contribution in [2.24, 2.45) is 11.8 Å². The Hall–Kier alpha value is -0.695. The van der Waals surface area contributed by atoms with Crippen molar-refractivity contribution >= 4 is 6.96 Å². The molecule has 0 amide bonds. The third-order valence-corrected chi connectivity index (χ3v) is 3.32. The molecule has 21 heavy (non-hydrogen) atoms. The molecule has 0 aromatic carbocycles. The van der Waals surface area contributed by atoms with Crippen molar-refractivity contribution in [1.82, 2.24) is 0 Å². The van der Waals surface area contributed by atoms with Crippen molar-refractivity contribution in [2.75, 3.05) is 52.9 Å². The molecule has 2 fully saturated rings. The molecule has 0 aromatic rings. The lowest BCUT2D eigenvalue weighted by Crippen LogP contribution is -2.59. The number of hydrogen-bond donors (Lipinski definition) is 0. The van der Waals surface area contributed by atoms with Crippen molar-refractivity contribution < 1.29 is 28.1 Å². The van der Waals surface area contributed by atoms with Gasteiger partial charge in [-0.3, -0.25) is 0 Å². The molecule has 0 radical (unpaired) electrons. The van der Waals surface area contributed by atoms with Gasteiger partial charge in [0, 0.05) is 38.3 Å². The third-order valence-electron chi connectivity index (χ3n) is 3.32. The Balaban J connectivity index is 1.65. The van der Waals surface area contributed by atoms with Crippen LogP contribution in [0.5, 0.6) is 0 Å². The molecule has 6 nitrogen and oxygen atoms in total. The van der Waals surface area contributed by atoms with Gasteiger partial charge < -0.3 is 28.1 Å². The molecule has 7 heteroatoms. The monoisotopic (exact) mass is 299 g/mol. The van der Waals surface area contributed by atoms with E-state index in [-0.39, 0.29) is 11.8 Å². The van der Waals surface area contributed by atoms with E-state index in [2.05, 4.69) is 13.2 Å². The summed E-state index contributed by atoms with van der Waals surface area (Å²) in [5, 5.41) is 0. The number of hydrogen-bond acceptors (Lipinski definition) is 6. The van der Waals surface area contributed by atoms with E-state index in [1.54, 1.807) is 12.2 Å². The smallest absolute Gasteiger partial charge is 0.518 e. The van der Waals surface area contributed by atoms with Crippen LogP contribution in [0.1, 0.15) is 0 Å². The van der Waals surface area contributed by atoms with E-state index in [1.807, 2.05) is 0 Å². The quantitative estimate of drug-likeness (QED) is 0.381. The van der Waals surface area contributed by atoms with Gasteiger partial charge >= 0.3 is 6.96 Å². The second kappa shape index (κ2) is 8.68. The van der Waals surface area contributed by atoms with Gasteiger partial charge in [-0.15, -0.1) is 13.2 Å². The van der Waals surface area contributed by atoms with Crippen LogP contribution in [0.2, 0.25) is 0 Å². The van der Waals surface area contributed by atoms with E-state index in [0.29, 0.717) is 52.9 Å². The Morgan fingerprint density at radius 3 is 1.52 bits per heavy atom. The molecule has 0 atom stereocenters. The first kappa shape index (κ1) is 16.7. The van der Waals surface area contributed by atoms with Gasteiger partial charge in [-0.05, 0) is 0 Å². The molecule has 2 aliphatic heterocycles. The molecular weight excluding hydrogens is 275 g/mol. The van der Waals surface area contributed by atoms with E-state index in [4.69, 9.17) is 28.1 Å². The highest BCUT2D eigenvalue weighted by molar-refractivity contribution is 6.53. The van der Waals surface area contributed by atoms with Crippen LogP contribution >= 0.6 is 0 Å². The first-order valence-electron chi connectivity index (χ1n) is 7.33. The fourth-order valence-electron chi connectivity index (χ4n) is 2.23. The Morgan fingerprint density at radius 1 is 0.810 bits per heavy atom. The molecule has 1 spiro atoms. The summed E-state index contributed by atoms with van der Waals surface area (Å²) in [5.74, 6) is 0.386. The van der Waals surface area contributed by atoms with E-state index in [9.17, 15) is 0 Å². The zero-order valence-electron chi connectivity index (χ0n) is 12.4. The SMILES string of the molecule is C=CCOCC1CO[B-]2(OC1)OCC(COCC=C)CO2. The van der Waals surface area contributed by atoms with Crippen molar-refractivity contribution in [3.8, 4) is 0 Å². The van der Waals surface area contributed by atoms with Crippen molar-refractivity contribution in [3.63, 3.8) is 0 Å². The van der Waals surface area contributed by atoms with Gasteiger partial charge in [0.1, 0.15) is 0 Å². The average molecular weight is 299 g/mol. The topological polar surface area (TPSA) is 55.4 Å². The van der Waals surface area contributed by atoms with Crippen molar-refractivity contribution in [2.45, 2.75) is 0 Å². The summed E-state index contributed by atoms with van der Waals surface area (Å²) in [5.41, 5.74) is 0. The lowest BCUT2D eigenvalue weighted by atomic mass is 9.96. The lowest BCUT2D eigenvalue weighted by molar-refractivity contribution is -0.129. The Morgan fingerprint density at radius 2 is 1.19 bits per heavy atom. The summed E-state index contributed by atoms with van der Waals surface area (Å²) in [4.78, 5) is 0. The first-order valence-corrected chi connectivity index (χ1v) is 7.33. The molecule has 0 N–H and O–H groups in total. The minimum atomic E-state index is -2.04. The Kier molecular flexibility index (Phi) is 6.89. The summed E-state index contributed by atoms with van der Waals surface area (Å²) < 4.78 is 33.4. The molecule has 0 saturated carbocycles. The highest BCUT2D eigenvalue weighted by atomic mass is 16.9. The molecule has 2 heterocycles. The largest absolute Gasteiger partial charge is 0.531 e. The van der Waals surface area contributed by atoms with Crippen LogP contribution in [-0.4, -0.2) is 59.8 Å². The normalized spacial score (nSPS) is 33.0. The number of rotatable bonds is 8. The van der Waals surface area contributed by atoms with Crippen molar-refractivity contribution in [3.05, 3.63) is 25.3 Å². The van der Waals surface area contributed by atoms with Crippen LogP contribution in [0.25, 0.3) is 0 Å². The second-order valence-corrected chi connectivity index (χ2v) is 5.29. The first-order chi connectivity index (χ1) is 10.3. The number of ether oxygens (including phenoxy) is 2. The van der Waals surface area contributed by atoms with Crippen LogP contribution in [0.4, 0.5) is 0 Å². The van der Waals surface area contributed by atoms with Gasteiger partial charge in [0.2, 0.25) is 0 Å². The predicted molar refractivity (Wildman–Crippen MR) is 78.6 cm³/mol. The highest BCUT2D eigenvalue weighted by Gasteiger charge is 2.40. The zero-order chi connectivity index (χ0) is 15.0. The maximum Gasteiger partial charge on any atom is 0.531 e. The Bertz CT molecular complexity index is 286. The lowest BCUT2D eigenvalue weighted by Gasteiger charge is -2.50. The standard InChI is InChI=1S/C14H24BO6/c1-3-5-16-7-13-9-18-15(19-10-13)20-11-14(12-21-15)8-17-6-4-2/h3-4,13-14H,1-2,5-12H2/q-1. The van der Waals surface area contributed by atoms with Crippen LogP contribution in [0.3, 0.4) is 0 Å². The van der Waals surface area contributed by atoms with Gasteiger partial charge in [-0.25, -0.2) is 0 Å². The summed E-state index contributed by atoms with van der Waals surface area (Å²) in [6, 6.07) is 0. The fraction of sp³-hybridized carbons (Fsp3) is 0.714.